The number of nitrogens with one attached hydrogen (secondary N) is 2. The van der Waals surface area contributed by atoms with Crippen molar-refractivity contribution < 1.29 is 14.0 Å². The average molecular weight is 326 g/mol. The lowest BCUT2D eigenvalue weighted by Gasteiger charge is -2.08. The zero-order chi connectivity index (χ0) is 17.5. The Bertz CT molecular complexity index is 727. The number of rotatable bonds is 6. The van der Waals surface area contributed by atoms with Gasteiger partial charge in [0.15, 0.2) is 0 Å². The largest absolute Gasteiger partial charge is 0.462 e. The van der Waals surface area contributed by atoms with Gasteiger partial charge < -0.3 is 15.1 Å². The minimum Gasteiger partial charge on any atom is -0.462 e. The van der Waals surface area contributed by atoms with Crippen molar-refractivity contribution in [2.24, 2.45) is 5.92 Å². The molecule has 0 spiro atoms. The van der Waals surface area contributed by atoms with Crippen LogP contribution in [0.3, 0.4) is 0 Å². The number of hydrogen-bond acceptors (Lipinski definition) is 3. The minimum absolute atomic E-state index is 0.0153. The number of aryl methyl sites for hydroxylation is 1. The number of carbonyl (C=O) groups excluding carboxylic acids is 2. The van der Waals surface area contributed by atoms with Gasteiger partial charge in [0.05, 0.1) is 0 Å². The normalized spacial score (nSPS) is 11.0. The topological polar surface area (TPSA) is 71.3 Å². The Balaban J connectivity index is 1.87. The fourth-order valence-electron chi connectivity index (χ4n) is 2.10. The molecule has 0 aliphatic rings. The molecule has 0 atom stereocenters. The smallest absolute Gasteiger partial charge is 0.248 e. The third kappa shape index (κ3) is 5.76. The Morgan fingerprint density at radius 1 is 1.04 bits per heavy atom. The first-order valence-corrected chi connectivity index (χ1v) is 7.88. The van der Waals surface area contributed by atoms with Gasteiger partial charge in [0.1, 0.15) is 11.5 Å². The predicted octanol–water partition coefficient (Wildman–Crippen LogP) is 4.22. The first-order chi connectivity index (χ1) is 11.4. The van der Waals surface area contributed by atoms with Gasteiger partial charge in [-0.2, -0.15) is 0 Å². The monoisotopic (exact) mass is 326 g/mol. The highest BCUT2D eigenvalue weighted by Gasteiger charge is 2.05. The molecule has 0 fully saturated rings. The van der Waals surface area contributed by atoms with Crippen LogP contribution in [0.5, 0.6) is 0 Å². The van der Waals surface area contributed by atoms with Crippen LogP contribution in [0.2, 0.25) is 0 Å². The molecule has 1 aromatic carbocycles. The molecule has 0 radical (unpaired) electrons. The SMILES string of the molecule is Cc1ccc(/C=C/C(=O)Nc2ccc(NC(=O)CC(C)C)cc2)o1. The predicted molar refractivity (Wildman–Crippen MR) is 95.6 cm³/mol. The van der Waals surface area contributed by atoms with Crippen LogP contribution >= 0.6 is 0 Å². The second-order valence-corrected chi connectivity index (χ2v) is 5.99. The second-order valence-electron chi connectivity index (χ2n) is 5.99. The Kier molecular flexibility index (Phi) is 5.95. The summed E-state index contributed by atoms with van der Waals surface area (Å²) in [4.78, 5) is 23.6. The quantitative estimate of drug-likeness (QED) is 0.781. The lowest BCUT2D eigenvalue weighted by molar-refractivity contribution is -0.117. The zero-order valence-corrected chi connectivity index (χ0v) is 14.1. The second kappa shape index (κ2) is 8.15. The Morgan fingerprint density at radius 3 is 2.21 bits per heavy atom. The van der Waals surface area contributed by atoms with E-state index in [1.165, 1.54) is 6.08 Å². The van der Waals surface area contributed by atoms with Gasteiger partial charge >= 0.3 is 0 Å². The molecule has 126 valence electrons. The number of hydrogen-bond donors (Lipinski definition) is 2. The maximum absolute atomic E-state index is 11.9. The van der Waals surface area contributed by atoms with E-state index in [9.17, 15) is 9.59 Å². The van der Waals surface area contributed by atoms with Crippen molar-refractivity contribution in [1.82, 2.24) is 0 Å². The van der Waals surface area contributed by atoms with Crippen LogP contribution in [0, 0.1) is 12.8 Å². The summed E-state index contributed by atoms with van der Waals surface area (Å²) < 4.78 is 5.36. The Morgan fingerprint density at radius 2 is 1.67 bits per heavy atom. The molecule has 0 aliphatic carbocycles. The molecular formula is C19H22N2O3. The molecule has 0 saturated carbocycles. The molecule has 2 rings (SSSR count). The number of amides is 2. The van der Waals surface area contributed by atoms with Crippen LogP contribution in [0.4, 0.5) is 11.4 Å². The minimum atomic E-state index is -0.249. The highest BCUT2D eigenvalue weighted by Crippen LogP contribution is 2.15. The van der Waals surface area contributed by atoms with Gasteiger partial charge in [-0.3, -0.25) is 9.59 Å². The number of anilines is 2. The zero-order valence-electron chi connectivity index (χ0n) is 14.1. The summed E-state index contributed by atoms with van der Waals surface area (Å²) in [7, 11) is 0. The maximum atomic E-state index is 11.9. The van der Waals surface area contributed by atoms with E-state index in [2.05, 4.69) is 10.6 Å². The standard InChI is InChI=1S/C19H22N2O3/c1-13(2)12-19(23)21-16-7-5-15(6-8-16)20-18(22)11-10-17-9-4-14(3)24-17/h4-11,13H,12H2,1-3H3,(H,20,22)(H,21,23)/b11-10+. The summed E-state index contributed by atoms with van der Waals surface area (Å²) in [5, 5.41) is 5.58. The van der Waals surface area contributed by atoms with Crippen molar-refractivity contribution in [1.29, 1.82) is 0 Å². The average Bonchev–Trinajstić information content (AvgIpc) is 2.92. The van der Waals surface area contributed by atoms with E-state index in [-0.39, 0.29) is 11.8 Å². The molecule has 0 aliphatic heterocycles. The summed E-state index contributed by atoms with van der Waals surface area (Å²) in [5.41, 5.74) is 1.36. The van der Waals surface area contributed by atoms with E-state index in [1.807, 2.05) is 26.8 Å². The van der Waals surface area contributed by atoms with Crippen molar-refractivity contribution in [3.63, 3.8) is 0 Å². The molecule has 0 saturated heterocycles. The van der Waals surface area contributed by atoms with Crippen LogP contribution in [0.25, 0.3) is 6.08 Å². The van der Waals surface area contributed by atoms with Gasteiger partial charge in [-0.25, -0.2) is 0 Å². The molecular weight excluding hydrogens is 304 g/mol. The summed E-state index contributed by atoms with van der Waals surface area (Å²) in [6.45, 7) is 5.84. The van der Waals surface area contributed by atoms with Gasteiger partial charge in [-0.1, -0.05) is 13.8 Å². The van der Waals surface area contributed by atoms with Gasteiger partial charge in [0.25, 0.3) is 0 Å². The highest BCUT2D eigenvalue weighted by atomic mass is 16.3. The van der Waals surface area contributed by atoms with E-state index in [0.717, 1.165) is 5.76 Å². The Labute approximate surface area is 141 Å². The molecule has 2 amide bonds. The van der Waals surface area contributed by atoms with Gasteiger partial charge in [-0.05, 0) is 55.3 Å². The van der Waals surface area contributed by atoms with Crippen molar-refractivity contribution in [3.05, 3.63) is 54.0 Å². The number of carbonyl (C=O) groups is 2. The van der Waals surface area contributed by atoms with Crippen LogP contribution < -0.4 is 10.6 Å². The summed E-state index contributed by atoms with van der Waals surface area (Å²) in [6, 6.07) is 10.6. The van der Waals surface area contributed by atoms with Gasteiger partial charge in [-0.15, -0.1) is 0 Å². The fourth-order valence-corrected chi connectivity index (χ4v) is 2.10. The van der Waals surface area contributed by atoms with Crippen molar-refractivity contribution in [2.45, 2.75) is 27.2 Å². The van der Waals surface area contributed by atoms with E-state index >= 15 is 0 Å². The van der Waals surface area contributed by atoms with Crippen molar-refractivity contribution in [2.75, 3.05) is 10.6 Å². The summed E-state index contributed by atoms with van der Waals surface area (Å²) >= 11 is 0. The van der Waals surface area contributed by atoms with Crippen LogP contribution in [0.1, 0.15) is 31.8 Å². The molecule has 5 nitrogen and oxygen atoms in total. The van der Waals surface area contributed by atoms with Crippen LogP contribution in [0.15, 0.2) is 46.9 Å². The first-order valence-electron chi connectivity index (χ1n) is 7.88. The maximum Gasteiger partial charge on any atom is 0.248 e. The van der Waals surface area contributed by atoms with Crippen LogP contribution in [-0.2, 0) is 9.59 Å². The number of benzene rings is 1. The highest BCUT2D eigenvalue weighted by molar-refractivity contribution is 6.02. The lowest BCUT2D eigenvalue weighted by atomic mass is 10.1. The molecule has 0 unspecified atom stereocenters. The molecule has 0 bridgehead atoms. The van der Waals surface area contributed by atoms with Crippen LogP contribution in [-0.4, -0.2) is 11.8 Å². The summed E-state index contributed by atoms with van der Waals surface area (Å²) in [5.74, 6) is 1.48. The molecule has 2 aromatic rings. The van der Waals surface area contributed by atoms with E-state index in [1.54, 1.807) is 36.4 Å². The van der Waals surface area contributed by atoms with Gasteiger partial charge in [0, 0.05) is 23.9 Å². The third-order valence-electron chi connectivity index (χ3n) is 3.19. The van der Waals surface area contributed by atoms with Gasteiger partial charge in [0.2, 0.25) is 11.8 Å². The van der Waals surface area contributed by atoms with E-state index in [0.29, 0.717) is 29.5 Å². The van der Waals surface area contributed by atoms with E-state index < -0.39 is 0 Å². The summed E-state index contributed by atoms with van der Waals surface area (Å²) in [6.07, 6.45) is 3.51. The molecule has 1 aromatic heterocycles. The van der Waals surface area contributed by atoms with Crippen molar-refractivity contribution >= 4 is 29.3 Å². The van der Waals surface area contributed by atoms with E-state index in [4.69, 9.17) is 4.42 Å². The lowest BCUT2D eigenvalue weighted by Crippen LogP contribution is -2.14. The molecule has 24 heavy (non-hydrogen) atoms. The first kappa shape index (κ1) is 17.5. The Hall–Kier alpha value is -2.82. The van der Waals surface area contributed by atoms with Crippen molar-refractivity contribution in [3.8, 4) is 0 Å². The molecule has 5 heteroatoms. The number of furan rings is 1. The third-order valence-corrected chi connectivity index (χ3v) is 3.19. The fraction of sp³-hybridized carbons (Fsp3) is 0.263. The molecule has 1 heterocycles. The molecule has 2 N–H and O–H groups in total.